The summed E-state index contributed by atoms with van der Waals surface area (Å²) in [6.45, 7) is -0.0818. The van der Waals surface area contributed by atoms with Crippen molar-refractivity contribution in [3.05, 3.63) is 76.1 Å². The van der Waals surface area contributed by atoms with Crippen molar-refractivity contribution in [1.82, 2.24) is 0 Å². The van der Waals surface area contributed by atoms with Crippen LogP contribution in [0, 0.1) is 5.82 Å². The van der Waals surface area contributed by atoms with E-state index in [-0.39, 0.29) is 17.3 Å². The zero-order valence-corrected chi connectivity index (χ0v) is 22.5. The molecule has 0 fully saturated rings. The molecule has 206 valence electrons. The quantitative estimate of drug-likeness (QED) is 0.390. The zero-order chi connectivity index (χ0) is 28.3. The second-order valence-corrected chi connectivity index (χ2v) is 9.02. The third-order valence-corrected chi connectivity index (χ3v) is 6.67. The lowest BCUT2D eigenvalue weighted by atomic mass is 9.97. The number of para-hydroxylation sites is 1. The van der Waals surface area contributed by atoms with Crippen LogP contribution in [0.15, 0.2) is 48.5 Å². The summed E-state index contributed by atoms with van der Waals surface area (Å²) < 4.78 is 42.9. The van der Waals surface area contributed by atoms with E-state index in [2.05, 4.69) is 0 Å². The van der Waals surface area contributed by atoms with Gasteiger partial charge >= 0.3 is 5.97 Å². The number of carbonyl (C=O) groups is 2. The van der Waals surface area contributed by atoms with E-state index in [1.165, 1.54) is 39.4 Å². The molecule has 11 heteroatoms. The summed E-state index contributed by atoms with van der Waals surface area (Å²) in [5, 5.41) is 9.43. The molecule has 1 N–H and O–H groups in total. The Balaban J connectivity index is 1.95. The fraction of sp³-hybridized carbons (Fsp3) is 0.286. The highest BCUT2D eigenvalue weighted by molar-refractivity contribution is 6.31. The first-order valence-electron chi connectivity index (χ1n) is 11.8. The van der Waals surface area contributed by atoms with E-state index in [0.29, 0.717) is 39.7 Å². The number of aliphatic carboxylic acids is 1. The third-order valence-electron chi connectivity index (χ3n) is 6.38. The maximum atomic E-state index is 14.9. The zero-order valence-electron chi connectivity index (χ0n) is 21.7. The van der Waals surface area contributed by atoms with Crippen LogP contribution in [0.3, 0.4) is 0 Å². The molecule has 9 nitrogen and oxygen atoms in total. The molecule has 3 aromatic carbocycles. The SMILES string of the molecule is COc1ccc(CN2C(=O)[C@H](CC(=O)O)O[C@@H](c3cccc(OC)c3OC)c3cc(Cl)c(F)cc32)c(OC)c1. The number of nitrogens with zero attached hydrogens (tertiary/aromatic N) is 1. The van der Waals surface area contributed by atoms with Gasteiger partial charge in [0.1, 0.15) is 29.5 Å². The van der Waals surface area contributed by atoms with Crippen LogP contribution < -0.4 is 23.8 Å². The minimum absolute atomic E-state index is 0.0818. The number of carboxylic acids is 1. The Morgan fingerprint density at radius 3 is 2.38 bits per heavy atom. The number of ether oxygens (including phenoxy) is 5. The molecule has 1 aliphatic heterocycles. The highest BCUT2D eigenvalue weighted by Gasteiger charge is 2.40. The minimum atomic E-state index is -1.43. The van der Waals surface area contributed by atoms with Gasteiger partial charge in [-0.05, 0) is 30.3 Å². The van der Waals surface area contributed by atoms with Crippen molar-refractivity contribution in [1.29, 1.82) is 0 Å². The van der Waals surface area contributed by atoms with Crippen molar-refractivity contribution >= 4 is 29.2 Å². The lowest BCUT2D eigenvalue weighted by Gasteiger charge is -2.26. The monoisotopic (exact) mass is 559 g/mol. The minimum Gasteiger partial charge on any atom is -0.497 e. The number of hydrogen-bond acceptors (Lipinski definition) is 7. The maximum Gasteiger partial charge on any atom is 0.306 e. The van der Waals surface area contributed by atoms with E-state index in [4.69, 9.17) is 35.3 Å². The van der Waals surface area contributed by atoms with Gasteiger partial charge in [0.05, 0.1) is 52.1 Å². The Bertz CT molecular complexity index is 1400. The third kappa shape index (κ3) is 5.57. The van der Waals surface area contributed by atoms with Crippen LogP contribution in [-0.2, 0) is 20.9 Å². The Hall–Kier alpha value is -4.02. The Labute approximate surface area is 229 Å². The van der Waals surface area contributed by atoms with E-state index in [9.17, 15) is 19.1 Å². The fourth-order valence-corrected chi connectivity index (χ4v) is 4.73. The number of carbonyl (C=O) groups excluding carboxylic acids is 1. The molecule has 0 bridgehead atoms. The van der Waals surface area contributed by atoms with Crippen molar-refractivity contribution in [3.63, 3.8) is 0 Å². The molecule has 0 radical (unpaired) electrons. The maximum absolute atomic E-state index is 14.9. The average molecular weight is 560 g/mol. The predicted molar refractivity (Wildman–Crippen MR) is 141 cm³/mol. The van der Waals surface area contributed by atoms with E-state index >= 15 is 0 Å². The number of hydrogen-bond donors (Lipinski definition) is 1. The summed E-state index contributed by atoms with van der Waals surface area (Å²) >= 11 is 6.21. The molecule has 1 heterocycles. The molecule has 1 amide bonds. The summed E-state index contributed by atoms with van der Waals surface area (Å²) in [5.41, 5.74) is 1.50. The van der Waals surface area contributed by atoms with E-state index in [1.807, 2.05) is 0 Å². The van der Waals surface area contributed by atoms with Crippen LogP contribution in [0.25, 0.3) is 0 Å². The Morgan fingerprint density at radius 2 is 1.74 bits per heavy atom. The first kappa shape index (κ1) is 28.0. The molecular formula is C28H27ClFNO8. The molecule has 4 rings (SSSR count). The number of anilines is 1. The van der Waals surface area contributed by atoms with Crippen molar-refractivity contribution in [2.75, 3.05) is 33.3 Å². The first-order chi connectivity index (χ1) is 18.7. The molecule has 39 heavy (non-hydrogen) atoms. The molecule has 0 aromatic heterocycles. The number of amides is 1. The van der Waals surface area contributed by atoms with Gasteiger partial charge in [-0.3, -0.25) is 9.59 Å². The number of carboxylic acid groups (broad SMARTS) is 1. The fourth-order valence-electron chi connectivity index (χ4n) is 4.55. The summed E-state index contributed by atoms with van der Waals surface area (Å²) in [7, 11) is 5.89. The number of methoxy groups -OCH3 is 4. The summed E-state index contributed by atoms with van der Waals surface area (Å²) in [6.07, 6.45) is -3.12. The van der Waals surface area contributed by atoms with Gasteiger partial charge in [-0.1, -0.05) is 23.7 Å². The topological polar surface area (TPSA) is 104 Å². The summed E-state index contributed by atoms with van der Waals surface area (Å²) in [4.78, 5) is 27.0. The second kappa shape index (κ2) is 11.8. The van der Waals surface area contributed by atoms with E-state index in [0.717, 1.165) is 6.07 Å². The average Bonchev–Trinajstić information content (AvgIpc) is 3.03. The molecule has 1 aliphatic rings. The lowest BCUT2D eigenvalue weighted by Crippen LogP contribution is -2.40. The van der Waals surface area contributed by atoms with E-state index in [1.54, 1.807) is 36.4 Å². The van der Waals surface area contributed by atoms with Crippen LogP contribution >= 0.6 is 11.6 Å². The molecule has 0 saturated carbocycles. The number of rotatable bonds is 9. The van der Waals surface area contributed by atoms with Crippen LogP contribution in [0.4, 0.5) is 10.1 Å². The van der Waals surface area contributed by atoms with Gasteiger partial charge < -0.3 is 33.7 Å². The number of benzene rings is 3. The van der Waals surface area contributed by atoms with E-state index < -0.39 is 36.3 Å². The normalized spacial score (nSPS) is 16.8. The molecule has 0 aliphatic carbocycles. The van der Waals surface area contributed by atoms with Crippen LogP contribution in [0.1, 0.15) is 29.2 Å². The van der Waals surface area contributed by atoms with Gasteiger partial charge in [-0.15, -0.1) is 0 Å². The smallest absolute Gasteiger partial charge is 0.306 e. The van der Waals surface area contributed by atoms with Gasteiger partial charge in [-0.2, -0.15) is 0 Å². The summed E-state index contributed by atoms with van der Waals surface area (Å²) in [6, 6.07) is 12.6. The van der Waals surface area contributed by atoms with Gasteiger partial charge in [-0.25, -0.2) is 4.39 Å². The molecule has 0 spiro atoms. The lowest BCUT2D eigenvalue weighted by molar-refractivity contribution is -0.147. The number of halogens is 2. The number of fused-ring (bicyclic) bond motifs is 1. The van der Waals surface area contributed by atoms with Gasteiger partial charge in [0.2, 0.25) is 0 Å². The Morgan fingerprint density at radius 1 is 1.00 bits per heavy atom. The van der Waals surface area contributed by atoms with Crippen molar-refractivity contribution in [2.45, 2.75) is 25.2 Å². The van der Waals surface area contributed by atoms with Crippen molar-refractivity contribution < 1.29 is 42.8 Å². The molecule has 3 aromatic rings. The van der Waals surface area contributed by atoms with Crippen molar-refractivity contribution in [2.24, 2.45) is 0 Å². The van der Waals surface area contributed by atoms with Crippen LogP contribution in [0.2, 0.25) is 5.02 Å². The highest BCUT2D eigenvalue weighted by Crippen LogP contribution is 2.46. The molecule has 0 saturated heterocycles. The second-order valence-electron chi connectivity index (χ2n) is 8.61. The molecule has 0 unspecified atom stereocenters. The predicted octanol–water partition coefficient (Wildman–Crippen LogP) is 5.01. The molecule has 2 atom stereocenters. The molecular weight excluding hydrogens is 533 g/mol. The van der Waals surface area contributed by atoms with Crippen LogP contribution in [0.5, 0.6) is 23.0 Å². The standard InChI is InChI=1S/C28H27ClFNO8/c1-35-16-9-8-15(23(10-16)37-3)14-31-21-12-20(30)19(29)11-18(21)26(39-24(28(31)34)13-25(32)33)17-6-5-7-22(36-2)27(17)38-4/h5-12,24,26H,13-14H2,1-4H3,(H,32,33)/t24-,26-/m0/s1. The Kier molecular flexibility index (Phi) is 8.47. The van der Waals surface area contributed by atoms with Crippen molar-refractivity contribution in [3.8, 4) is 23.0 Å². The largest absolute Gasteiger partial charge is 0.497 e. The summed E-state index contributed by atoms with van der Waals surface area (Å²) in [5.74, 6) is -1.04. The van der Waals surface area contributed by atoms with Gasteiger partial charge in [0.15, 0.2) is 11.5 Å². The van der Waals surface area contributed by atoms with Gasteiger partial charge in [0, 0.05) is 22.8 Å². The van der Waals surface area contributed by atoms with Crippen LogP contribution in [-0.4, -0.2) is 51.5 Å². The highest BCUT2D eigenvalue weighted by atomic mass is 35.5. The first-order valence-corrected chi connectivity index (χ1v) is 12.2. The van der Waals surface area contributed by atoms with Gasteiger partial charge in [0.25, 0.3) is 5.91 Å².